The van der Waals surface area contributed by atoms with Crippen molar-refractivity contribution in [3.8, 4) is 6.01 Å². The summed E-state index contributed by atoms with van der Waals surface area (Å²) in [5.41, 5.74) is -0.00915. The van der Waals surface area contributed by atoms with E-state index in [9.17, 15) is 4.79 Å². The molecule has 2 aliphatic heterocycles. The molecule has 1 atom stereocenters. The van der Waals surface area contributed by atoms with E-state index in [-0.39, 0.29) is 5.91 Å². The Labute approximate surface area is 149 Å². The van der Waals surface area contributed by atoms with E-state index >= 15 is 0 Å². The fraction of sp³-hybridized carbons (Fsp3) is 0.706. The molecule has 7 nitrogen and oxygen atoms in total. The van der Waals surface area contributed by atoms with Gasteiger partial charge in [0.15, 0.2) is 0 Å². The lowest BCUT2D eigenvalue weighted by Crippen LogP contribution is -2.41. The second kappa shape index (κ2) is 6.57. The standard InChI is InChI=1S/C17H26BN3O4/c1-12(22)21-7-6-13(10-21)11-23-15-19-8-14(9-20-15)18-24-16(2,3)17(4,5)25-18/h8-9,13H,6-7,10-11H2,1-5H3. The van der Waals surface area contributed by atoms with Gasteiger partial charge in [-0.3, -0.25) is 4.79 Å². The minimum atomic E-state index is -0.474. The topological polar surface area (TPSA) is 73.8 Å². The summed E-state index contributed by atoms with van der Waals surface area (Å²) in [7, 11) is -0.474. The number of hydrogen-bond donors (Lipinski definition) is 0. The fourth-order valence-corrected chi connectivity index (χ4v) is 2.95. The van der Waals surface area contributed by atoms with Crippen LogP contribution in [-0.4, -0.2) is 58.8 Å². The number of carbonyl (C=O) groups excluding carboxylic acids is 1. The molecule has 0 aromatic carbocycles. The highest BCUT2D eigenvalue weighted by atomic mass is 16.7. The number of nitrogens with zero attached hydrogens (tertiary/aromatic N) is 3. The van der Waals surface area contributed by atoms with Crippen LogP contribution in [0.4, 0.5) is 0 Å². The second-order valence-electron chi connectivity index (χ2n) is 7.82. The number of aromatic nitrogens is 2. The predicted molar refractivity (Wildman–Crippen MR) is 93.6 cm³/mol. The first-order valence-corrected chi connectivity index (χ1v) is 8.74. The van der Waals surface area contributed by atoms with Gasteiger partial charge in [-0.1, -0.05) is 0 Å². The highest BCUT2D eigenvalue weighted by molar-refractivity contribution is 6.61. The van der Waals surface area contributed by atoms with E-state index in [2.05, 4.69) is 9.97 Å². The van der Waals surface area contributed by atoms with Gasteiger partial charge < -0.3 is 18.9 Å². The average Bonchev–Trinajstić information content (AvgIpc) is 3.09. The zero-order chi connectivity index (χ0) is 18.2. The summed E-state index contributed by atoms with van der Waals surface area (Å²) >= 11 is 0. The molecule has 2 saturated heterocycles. The van der Waals surface area contributed by atoms with Crippen molar-refractivity contribution < 1.29 is 18.8 Å². The van der Waals surface area contributed by atoms with Crippen LogP contribution in [0.1, 0.15) is 41.0 Å². The van der Waals surface area contributed by atoms with Crippen molar-refractivity contribution in [2.45, 2.75) is 52.2 Å². The second-order valence-corrected chi connectivity index (χ2v) is 7.82. The van der Waals surface area contributed by atoms with Crippen molar-refractivity contribution >= 4 is 18.5 Å². The van der Waals surface area contributed by atoms with Gasteiger partial charge in [0, 0.05) is 43.8 Å². The average molecular weight is 347 g/mol. The van der Waals surface area contributed by atoms with Crippen LogP contribution in [0.5, 0.6) is 6.01 Å². The van der Waals surface area contributed by atoms with E-state index in [1.54, 1.807) is 19.3 Å². The van der Waals surface area contributed by atoms with Gasteiger partial charge in [-0.2, -0.15) is 0 Å². The maximum Gasteiger partial charge on any atom is 0.498 e. The lowest BCUT2D eigenvalue weighted by atomic mass is 9.81. The van der Waals surface area contributed by atoms with Crippen LogP contribution in [0.25, 0.3) is 0 Å². The van der Waals surface area contributed by atoms with Crippen LogP contribution in [0.2, 0.25) is 0 Å². The molecule has 0 N–H and O–H groups in total. The van der Waals surface area contributed by atoms with Gasteiger partial charge >= 0.3 is 13.1 Å². The molecule has 0 aliphatic carbocycles. The van der Waals surface area contributed by atoms with E-state index < -0.39 is 18.3 Å². The molecule has 0 radical (unpaired) electrons. The molecule has 1 aromatic rings. The molecule has 0 spiro atoms. The third-order valence-corrected chi connectivity index (χ3v) is 5.35. The third-order valence-electron chi connectivity index (χ3n) is 5.35. The van der Waals surface area contributed by atoms with Crippen molar-refractivity contribution in [2.75, 3.05) is 19.7 Å². The van der Waals surface area contributed by atoms with Crippen molar-refractivity contribution in [1.29, 1.82) is 0 Å². The predicted octanol–water partition coefficient (Wildman–Crippen LogP) is 1.02. The summed E-state index contributed by atoms with van der Waals surface area (Å²) < 4.78 is 17.6. The number of amides is 1. The summed E-state index contributed by atoms with van der Waals surface area (Å²) in [5.74, 6) is 0.445. The molecular weight excluding hydrogens is 321 g/mol. The minimum absolute atomic E-state index is 0.116. The Hall–Kier alpha value is -1.67. The molecular formula is C17H26BN3O4. The van der Waals surface area contributed by atoms with E-state index in [4.69, 9.17) is 14.0 Å². The maximum atomic E-state index is 11.4. The van der Waals surface area contributed by atoms with E-state index in [1.807, 2.05) is 32.6 Å². The number of carbonyl (C=O) groups is 1. The molecule has 0 bridgehead atoms. The molecule has 0 saturated carbocycles. The van der Waals surface area contributed by atoms with Crippen LogP contribution < -0.4 is 10.2 Å². The first-order valence-electron chi connectivity index (χ1n) is 8.74. The summed E-state index contributed by atoms with van der Waals surface area (Å²) in [4.78, 5) is 21.7. The van der Waals surface area contributed by atoms with Gasteiger partial charge in [0.05, 0.1) is 17.8 Å². The Bertz CT molecular complexity index is 619. The molecule has 2 fully saturated rings. The first-order chi connectivity index (χ1) is 11.7. The molecule has 136 valence electrons. The smallest absolute Gasteiger partial charge is 0.463 e. The zero-order valence-corrected chi connectivity index (χ0v) is 15.6. The van der Waals surface area contributed by atoms with Gasteiger partial charge in [0.1, 0.15) is 0 Å². The van der Waals surface area contributed by atoms with Gasteiger partial charge in [0.25, 0.3) is 0 Å². The number of hydrogen-bond acceptors (Lipinski definition) is 6. The molecule has 1 unspecified atom stereocenters. The Morgan fingerprint density at radius 1 is 1.28 bits per heavy atom. The highest BCUT2D eigenvalue weighted by Crippen LogP contribution is 2.36. The number of likely N-dealkylation sites (tertiary alicyclic amines) is 1. The lowest BCUT2D eigenvalue weighted by Gasteiger charge is -2.32. The van der Waals surface area contributed by atoms with E-state index in [1.165, 1.54) is 0 Å². The molecule has 3 rings (SSSR count). The summed E-state index contributed by atoms with van der Waals surface area (Å²) in [6.07, 6.45) is 4.31. The van der Waals surface area contributed by atoms with Gasteiger partial charge in [-0.25, -0.2) is 9.97 Å². The number of ether oxygens (including phenoxy) is 1. The Morgan fingerprint density at radius 2 is 1.88 bits per heavy atom. The molecule has 3 heterocycles. The Balaban J connectivity index is 1.54. The van der Waals surface area contributed by atoms with Crippen LogP contribution in [0, 0.1) is 5.92 Å². The Kier molecular flexibility index (Phi) is 4.77. The van der Waals surface area contributed by atoms with Crippen LogP contribution >= 0.6 is 0 Å². The maximum absolute atomic E-state index is 11.4. The van der Waals surface area contributed by atoms with Crippen molar-refractivity contribution in [3.63, 3.8) is 0 Å². The fourth-order valence-electron chi connectivity index (χ4n) is 2.95. The quantitative estimate of drug-likeness (QED) is 0.758. The first kappa shape index (κ1) is 18.1. The van der Waals surface area contributed by atoms with E-state index in [0.29, 0.717) is 18.5 Å². The molecule has 2 aliphatic rings. The Morgan fingerprint density at radius 3 is 2.40 bits per heavy atom. The number of rotatable bonds is 4. The lowest BCUT2D eigenvalue weighted by molar-refractivity contribution is -0.127. The third kappa shape index (κ3) is 3.79. The van der Waals surface area contributed by atoms with Crippen molar-refractivity contribution in [1.82, 2.24) is 14.9 Å². The minimum Gasteiger partial charge on any atom is -0.463 e. The molecule has 8 heteroatoms. The van der Waals surface area contributed by atoms with E-state index in [0.717, 1.165) is 25.0 Å². The SMILES string of the molecule is CC(=O)N1CCC(COc2ncc(B3OC(C)(C)C(C)(C)O3)cn2)C1. The monoisotopic (exact) mass is 347 g/mol. The van der Waals surface area contributed by atoms with Crippen molar-refractivity contribution in [2.24, 2.45) is 5.92 Å². The van der Waals surface area contributed by atoms with Gasteiger partial charge in [-0.05, 0) is 34.1 Å². The molecule has 1 amide bonds. The van der Waals surface area contributed by atoms with Crippen LogP contribution in [0.15, 0.2) is 12.4 Å². The summed E-state index contributed by atoms with van der Waals surface area (Å²) in [6, 6.07) is 0.335. The summed E-state index contributed by atoms with van der Waals surface area (Å²) in [6.45, 7) is 11.7. The highest BCUT2D eigenvalue weighted by Gasteiger charge is 2.51. The van der Waals surface area contributed by atoms with Gasteiger partial charge in [0.2, 0.25) is 5.91 Å². The summed E-state index contributed by atoms with van der Waals surface area (Å²) in [5, 5.41) is 0. The van der Waals surface area contributed by atoms with Crippen LogP contribution in [0.3, 0.4) is 0 Å². The zero-order valence-electron chi connectivity index (χ0n) is 15.6. The normalized spacial score (nSPS) is 24.6. The van der Waals surface area contributed by atoms with Gasteiger partial charge in [-0.15, -0.1) is 0 Å². The van der Waals surface area contributed by atoms with Crippen LogP contribution in [-0.2, 0) is 14.1 Å². The van der Waals surface area contributed by atoms with Crippen molar-refractivity contribution in [3.05, 3.63) is 12.4 Å². The largest absolute Gasteiger partial charge is 0.498 e. The molecule has 1 aromatic heterocycles. The molecule has 25 heavy (non-hydrogen) atoms.